The molecule has 0 atom stereocenters. The molecule has 0 rings (SSSR count). The van der Waals surface area contributed by atoms with Crippen LogP contribution in [0.5, 0.6) is 0 Å². The predicted octanol–water partition coefficient (Wildman–Crippen LogP) is 1.12. The van der Waals surface area contributed by atoms with E-state index in [0.29, 0.717) is 6.42 Å². The van der Waals surface area contributed by atoms with Crippen LogP contribution in [0.3, 0.4) is 0 Å². The number of alkyl halides is 1. The summed E-state index contributed by atoms with van der Waals surface area (Å²) >= 11 is 0. The standard InChI is InChI=1S/C5H11FO/c6-4-2-1-3-5-7/h7H,1-5H2. The quantitative estimate of drug-likeness (QED) is 0.532. The van der Waals surface area contributed by atoms with E-state index in [1.807, 2.05) is 0 Å². The summed E-state index contributed by atoms with van der Waals surface area (Å²) in [7, 11) is 0. The molecule has 44 valence electrons. The highest BCUT2D eigenvalue weighted by Gasteiger charge is 1.82. The Hall–Kier alpha value is -0.110. The Bertz CT molecular complexity index is 27.3. The molecule has 2 heteroatoms. The Kier molecular flexibility index (Phi) is 5.80. The van der Waals surface area contributed by atoms with Crippen molar-refractivity contribution in [2.75, 3.05) is 13.3 Å². The second kappa shape index (κ2) is 5.89. The first-order chi connectivity index (χ1) is 3.41. The van der Waals surface area contributed by atoms with Gasteiger partial charge < -0.3 is 5.11 Å². The zero-order chi connectivity index (χ0) is 5.54. The SMILES string of the molecule is OCCCCCF. The largest absolute Gasteiger partial charge is 0.396 e. The molecule has 0 aromatic rings. The topological polar surface area (TPSA) is 20.2 Å². The molecule has 0 bridgehead atoms. The summed E-state index contributed by atoms with van der Waals surface area (Å²) in [5.41, 5.74) is 0. The van der Waals surface area contributed by atoms with Crippen LogP contribution in [0.4, 0.5) is 4.39 Å². The number of halogens is 1. The van der Waals surface area contributed by atoms with E-state index in [2.05, 4.69) is 0 Å². The summed E-state index contributed by atoms with van der Waals surface area (Å²) in [6.45, 7) is -0.0556. The van der Waals surface area contributed by atoms with E-state index in [9.17, 15) is 4.39 Å². The van der Waals surface area contributed by atoms with Gasteiger partial charge in [0.05, 0.1) is 6.67 Å². The molecule has 0 aliphatic heterocycles. The van der Waals surface area contributed by atoms with Gasteiger partial charge in [0, 0.05) is 6.61 Å². The minimum atomic E-state index is -0.250. The normalized spacial score (nSPS) is 9.43. The zero-order valence-electron chi connectivity index (χ0n) is 4.36. The van der Waals surface area contributed by atoms with E-state index in [0.717, 1.165) is 12.8 Å². The minimum absolute atomic E-state index is 0.194. The second-order valence-electron chi connectivity index (χ2n) is 1.47. The monoisotopic (exact) mass is 106 g/mol. The van der Waals surface area contributed by atoms with Gasteiger partial charge in [0.1, 0.15) is 0 Å². The molecule has 0 amide bonds. The Morgan fingerprint density at radius 3 is 2.29 bits per heavy atom. The lowest BCUT2D eigenvalue weighted by Gasteiger charge is -1.88. The van der Waals surface area contributed by atoms with Gasteiger partial charge in [-0.3, -0.25) is 4.39 Å². The maximum Gasteiger partial charge on any atom is 0.0894 e. The second-order valence-corrected chi connectivity index (χ2v) is 1.47. The van der Waals surface area contributed by atoms with Gasteiger partial charge >= 0.3 is 0 Å². The van der Waals surface area contributed by atoms with Crippen LogP contribution in [0.15, 0.2) is 0 Å². The Balaban J connectivity index is 2.45. The maximum atomic E-state index is 11.2. The van der Waals surface area contributed by atoms with Crippen LogP contribution in [0.2, 0.25) is 0 Å². The molecule has 0 heterocycles. The third kappa shape index (κ3) is 5.89. The molecule has 1 nitrogen and oxygen atoms in total. The molecule has 0 saturated heterocycles. The van der Waals surface area contributed by atoms with E-state index in [4.69, 9.17) is 5.11 Å². The smallest absolute Gasteiger partial charge is 0.0894 e. The third-order valence-electron chi connectivity index (χ3n) is 0.792. The number of rotatable bonds is 4. The highest BCUT2D eigenvalue weighted by atomic mass is 19.1. The zero-order valence-corrected chi connectivity index (χ0v) is 4.36. The van der Waals surface area contributed by atoms with Gasteiger partial charge in [-0.1, -0.05) is 0 Å². The van der Waals surface area contributed by atoms with E-state index in [1.165, 1.54) is 0 Å². The van der Waals surface area contributed by atoms with E-state index < -0.39 is 0 Å². The fraction of sp³-hybridized carbons (Fsp3) is 1.00. The molecule has 0 radical (unpaired) electrons. The van der Waals surface area contributed by atoms with Crippen LogP contribution in [-0.4, -0.2) is 18.4 Å². The highest BCUT2D eigenvalue weighted by Crippen LogP contribution is 1.92. The Morgan fingerprint density at radius 2 is 1.86 bits per heavy atom. The first-order valence-corrected chi connectivity index (χ1v) is 2.58. The molecule has 1 N–H and O–H groups in total. The summed E-state index contributed by atoms with van der Waals surface area (Å²) in [6, 6.07) is 0. The van der Waals surface area contributed by atoms with E-state index in [-0.39, 0.29) is 13.3 Å². The third-order valence-corrected chi connectivity index (χ3v) is 0.792. The van der Waals surface area contributed by atoms with Gasteiger partial charge in [-0.05, 0) is 19.3 Å². The summed E-state index contributed by atoms with van der Waals surface area (Å²) in [6.07, 6.45) is 2.15. The van der Waals surface area contributed by atoms with Crippen LogP contribution in [0, 0.1) is 0 Å². The molecule has 0 aliphatic carbocycles. The number of hydrogen-bond acceptors (Lipinski definition) is 1. The molecule has 0 aromatic heterocycles. The average molecular weight is 106 g/mol. The summed E-state index contributed by atoms with van der Waals surface area (Å²) in [4.78, 5) is 0. The van der Waals surface area contributed by atoms with Gasteiger partial charge in [0.15, 0.2) is 0 Å². The van der Waals surface area contributed by atoms with E-state index in [1.54, 1.807) is 0 Å². The van der Waals surface area contributed by atoms with Crippen molar-refractivity contribution in [3.63, 3.8) is 0 Å². The van der Waals surface area contributed by atoms with Crippen molar-refractivity contribution in [1.29, 1.82) is 0 Å². The highest BCUT2D eigenvalue weighted by molar-refractivity contribution is 4.36. The predicted molar refractivity (Wildman–Crippen MR) is 26.9 cm³/mol. The Labute approximate surface area is 43.2 Å². The molecule has 0 unspecified atom stereocenters. The fourth-order valence-corrected chi connectivity index (χ4v) is 0.383. The van der Waals surface area contributed by atoms with Crippen molar-refractivity contribution in [1.82, 2.24) is 0 Å². The van der Waals surface area contributed by atoms with E-state index >= 15 is 0 Å². The van der Waals surface area contributed by atoms with Crippen LogP contribution < -0.4 is 0 Å². The lowest BCUT2D eigenvalue weighted by Crippen LogP contribution is -1.82. The molecule has 7 heavy (non-hydrogen) atoms. The molecule has 0 aliphatic rings. The lowest BCUT2D eigenvalue weighted by atomic mass is 10.3. The minimum Gasteiger partial charge on any atom is -0.396 e. The van der Waals surface area contributed by atoms with Gasteiger partial charge in [-0.2, -0.15) is 0 Å². The molecule has 0 aromatic carbocycles. The number of aliphatic hydroxyl groups excluding tert-OH is 1. The lowest BCUT2D eigenvalue weighted by molar-refractivity contribution is 0.280. The van der Waals surface area contributed by atoms with Crippen molar-refractivity contribution in [3.05, 3.63) is 0 Å². The van der Waals surface area contributed by atoms with Gasteiger partial charge in [-0.25, -0.2) is 0 Å². The van der Waals surface area contributed by atoms with Gasteiger partial charge in [-0.15, -0.1) is 0 Å². The molecular weight excluding hydrogens is 95.1 g/mol. The summed E-state index contributed by atoms with van der Waals surface area (Å²) < 4.78 is 11.2. The number of aliphatic hydroxyl groups is 1. The molecule has 0 spiro atoms. The first kappa shape index (κ1) is 6.89. The van der Waals surface area contributed by atoms with Crippen LogP contribution in [0.25, 0.3) is 0 Å². The maximum absolute atomic E-state index is 11.2. The van der Waals surface area contributed by atoms with Crippen molar-refractivity contribution in [2.45, 2.75) is 19.3 Å². The van der Waals surface area contributed by atoms with Gasteiger partial charge in [0.25, 0.3) is 0 Å². The van der Waals surface area contributed by atoms with Gasteiger partial charge in [0.2, 0.25) is 0 Å². The molecular formula is C5H11FO. The number of hydrogen-bond donors (Lipinski definition) is 1. The van der Waals surface area contributed by atoms with Crippen LogP contribution in [0.1, 0.15) is 19.3 Å². The first-order valence-electron chi connectivity index (χ1n) is 2.58. The summed E-state index contributed by atoms with van der Waals surface area (Å²) in [5, 5.41) is 8.17. The average Bonchev–Trinajstić information content (AvgIpc) is 1.69. The number of unbranched alkanes of at least 4 members (excludes halogenated alkanes) is 2. The van der Waals surface area contributed by atoms with Crippen LogP contribution in [-0.2, 0) is 0 Å². The summed E-state index contributed by atoms with van der Waals surface area (Å²) in [5.74, 6) is 0. The van der Waals surface area contributed by atoms with Crippen LogP contribution >= 0.6 is 0 Å². The van der Waals surface area contributed by atoms with Crippen molar-refractivity contribution in [2.24, 2.45) is 0 Å². The molecule has 0 saturated carbocycles. The van der Waals surface area contributed by atoms with Crippen molar-refractivity contribution in [3.8, 4) is 0 Å². The van der Waals surface area contributed by atoms with Crippen molar-refractivity contribution < 1.29 is 9.50 Å². The fourth-order valence-electron chi connectivity index (χ4n) is 0.383. The Morgan fingerprint density at radius 1 is 1.14 bits per heavy atom. The van der Waals surface area contributed by atoms with Crippen molar-refractivity contribution >= 4 is 0 Å². The molecule has 0 fully saturated rings.